The summed E-state index contributed by atoms with van der Waals surface area (Å²) >= 11 is 0. The molecule has 0 spiro atoms. The maximum atomic E-state index is 12.7. The third-order valence-corrected chi connectivity index (χ3v) is 8.40. The predicted molar refractivity (Wildman–Crippen MR) is 117 cm³/mol. The van der Waals surface area contributed by atoms with Crippen LogP contribution in [-0.4, -0.2) is 12.1 Å². The molecule has 2 nitrogen and oxygen atoms in total. The zero-order chi connectivity index (χ0) is 19.8. The van der Waals surface area contributed by atoms with Crippen LogP contribution < -0.4 is 0 Å². The van der Waals surface area contributed by atoms with Gasteiger partial charge >= 0.3 is 5.97 Å². The van der Waals surface area contributed by atoms with E-state index in [-0.39, 0.29) is 18.0 Å². The van der Waals surface area contributed by atoms with E-state index in [0.29, 0.717) is 0 Å². The average molecular weight is 391 g/mol. The van der Waals surface area contributed by atoms with E-state index in [0.717, 1.165) is 49.4 Å². The van der Waals surface area contributed by atoms with Gasteiger partial charge in [-0.3, -0.25) is 4.79 Å². The Balaban J connectivity index is 1.32. The molecule has 162 valence electrons. The first-order chi connectivity index (χ1) is 13.7. The summed E-state index contributed by atoms with van der Waals surface area (Å²) in [6, 6.07) is 0. The van der Waals surface area contributed by atoms with Gasteiger partial charge in [0.25, 0.3) is 0 Å². The fourth-order valence-corrected chi connectivity index (χ4v) is 6.47. The van der Waals surface area contributed by atoms with Gasteiger partial charge in [-0.05, 0) is 87.9 Å². The Morgan fingerprint density at radius 3 is 1.79 bits per heavy atom. The molecular formula is C26H46O2. The molecular weight excluding hydrogens is 344 g/mol. The highest BCUT2D eigenvalue weighted by Gasteiger charge is 2.34. The predicted octanol–water partition coefficient (Wildman–Crippen LogP) is 7.69. The topological polar surface area (TPSA) is 26.3 Å². The van der Waals surface area contributed by atoms with Crippen LogP contribution in [-0.2, 0) is 9.53 Å². The van der Waals surface area contributed by atoms with Gasteiger partial charge in [0, 0.05) is 0 Å². The Morgan fingerprint density at radius 2 is 1.21 bits per heavy atom. The van der Waals surface area contributed by atoms with Crippen LogP contribution in [0.1, 0.15) is 123 Å². The number of unbranched alkanes of at least 4 members (excludes halogenated alkanes) is 1. The number of carbonyl (C=O) groups excluding carboxylic acids is 1. The zero-order valence-corrected chi connectivity index (χ0v) is 18.8. The van der Waals surface area contributed by atoms with Gasteiger partial charge in [-0.1, -0.05) is 58.8 Å². The van der Waals surface area contributed by atoms with Crippen molar-refractivity contribution in [2.24, 2.45) is 29.6 Å². The number of hydrogen-bond donors (Lipinski definition) is 0. The van der Waals surface area contributed by atoms with E-state index in [2.05, 4.69) is 13.8 Å². The van der Waals surface area contributed by atoms with E-state index in [1.807, 2.05) is 0 Å². The standard InChI is InChI=1S/C26H46O2/c1-3-5-7-21-8-12-22(13-9-21)23-14-16-24(17-15-23)26(27)28-25-18-10-20(6-4-2)11-19-25/h20-25H,3-19H2,1-2H3/t20-,21-,22-,23?,24?,25-. The van der Waals surface area contributed by atoms with Crippen molar-refractivity contribution in [2.45, 2.75) is 129 Å². The van der Waals surface area contributed by atoms with Crippen molar-refractivity contribution in [3.8, 4) is 0 Å². The highest BCUT2D eigenvalue weighted by atomic mass is 16.5. The van der Waals surface area contributed by atoms with E-state index < -0.39 is 0 Å². The molecule has 0 aromatic carbocycles. The molecule has 2 heteroatoms. The van der Waals surface area contributed by atoms with Crippen molar-refractivity contribution in [1.82, 2.24) is 0 Å². The molecule has 0 aromatic rings. The van der Waals surface area contributed by atoms with Crippen molar-refractivity contribution in [3.63, 3.8) is 0 Å². The van der Waals surface area contributed by atoms with Gasteiger partial charge in [0.2, 0.25) is 0 Å². The maximum Gasteiger partial charge on any atom is 0.309 e. The van der Waals surface area contributed by atoms with Crippen LogP contribution >= 0.6 is 0 Å². The Hall–Kier alpha value is -0.530. The lowest BCUT2D eigenvalue weighted by atomic mass is 9.68. The summed E-state index contributed by atoms with van der Waals surface area (Å²) in [5, 5.41) is 0. The second kappa shape index (κ2) is 11.6. The number of esters is 1. The monoisotopic (exact) mass is 390 g/mol. The Labute approximate surface area is 174 Å². The Bertz CT molecular complexity index is 435. The maximum absolute atomic E-state index is 12.7. The largest absolute Gasteiger partial charge is 0.462 e. The van der Waals surface area contributed by atoms with E-state index >= 15 is 0 Å². The highest BCUT2D eigenvalue weighted by molar-refractivity contribution is 5.72. The molecule has 0 aliphatic heterocycles. The average Bonchev–Trinajstić information content (AvgIpc) is 2.74. The van der Waals surface area contributed by atoms with E-state index in [4.69, 9.17) is 4.74 Å². The first-order valence-corrected chi connectivity index (χ1v) is 12.9. The van der Waals surface area contributed by atoms with Gasteiger partial charge in [-0.15, -0.1) is 0 Å². The molecule has 0 heterocycles. The number of ether oxygens (including phenoxy) is 1. The summed E-state index contributed by atoms with van der Waals surface area (Å²) in [6.45, 7) is 4.59. The van der Waals surface area contributed by atoms with Crippen LogP contribution in [0.2, 0.25) is 0 Å². The van der Waals surface area contributed by atoms with Gasteiger partial charge < -0.3 is 4.74 Å². The molecule has 0 unspecified atom stereocenters. The van der Waals surface area contributed by atoms with Crippen molar-refractivity contribution >= 4 is 5.97 Å². The normalized spacial score (nSPS) is 36.8. The molecule has 3 aliphatic rings. The quantitative estimate of drug-likeness (QED) is 0.397. The lowest BCUT2D eigenvalue weighted by Crippen LogP contribution is -2.32. The van der Waals surface area contributed by atoms with Gasteiger partial charge in [0.15, 0.2) is 0 Å². The molecule has 0 amide bonds. The van der Waals surface area contributed by atoms with Crippen LogP contribution in [0.15, 0.2) is 0 Å². The van der Waals surface area contributed by atoms with Crippen molar-refractivity contribution in [2.75, 3.05) is 0 Å². The molecule has 0 aromatic heterocycles. The molecule has 28 heavy (non-hydrogen) atoms. The second-order valence-corrected chi connectivity index (χ2v) is 10.4. The van der Waals surface area contributed by atoms with E-state index in [9.17, 15) is 4.79 Å². The van der Waals surface area contributed by atoms with Crippen LogP contribution in [0, 0.1) is 29.6 Å². The van der Waals surface area contributed by atoms with Gasteiger partial charge in [-0.2, -0.15) is 0 Å². The summed E-state index contributed by atoms with van der Waals surface area (Å²) in [7, 11) is 0. The summed E-state index contributed by atoms with van der Waals surface area (Å²) in [4.78, 5) is 12.7. The van der Waals surface area contributed by atoms with Crippen LogP contribution in [0.25, 0.3) is 0 Å². The minimum atomic E-state index is 0.140. The first-order valence-electron chi connectivity index (χ1n) is 12.9. The summed E-state index contributed by atoms with van der Waals surface area (Å²) < 4.78 is 5.95. The van der Waals surface area contributed by atoms with Crippen molar-refractivity contribution in [3.05, 3.63) is 0 Å². The Morgan fingerprint density at radius 1 is 0.679 bits per heavy atom. The van der Waals surface area contributed by atoms with E-state index in [1.54, 1.807) is 0 Å². The second-order valence-electron chi connectivity index (χ2n) is 10.4. The van der Waals surface area contributed by atoms with Crippen molar-refractivity contribution in [1.29, 1.82) is 0 Å². The smallest absolute Gasteiger partial charge is 0.309 e. The summed E-state index contributed by atoms with van der Waals surface area (Å²) in [5.74, 6) is 4.07. The van der Waals surface area contributed by atoms with Gasteiger partial charge in [0.1, 0.15) is 6.10 Å². The minimum Gasteiger partial charge on any atom is -0.462 e. The number of rotatable bonds is 8. The molecule has 0 radical (unpaired) electrons. The molecule has 0 N–H and O–H groups in total. The molecule has 3 saturated carbocycles. The fourth-order valence-electron chi connectivity index (χ4n) is 6.47. The summed E-state index contributed by atoms with van der Waals surface area (Å²) in [6.07, 6.45) is 22.4. The first kappa shape index (κ1) is 22.2. The molecule has 3 aliphatic carbocycles. The lowest BCUT2D eigenvalue weighted by Gasteiger charge is -2.38. The summed E-state index contributed by atoms with van der Waals surface area (Å²) in [5.41, 5.74) is 0. The van der Waals surface area contributed by atoms with Gasteiger partial charge in [-0.25, -0.2) is 0 Å². The molecule has 3 fully saturated rings. The third kappa shape index (κ3) is 6.49. The molecule has 0 atom stereocenters. The highest BCUT2D eigenvalue weighted by Crippen LogP contribution is 2.42. The zero-order valence-electron chi connectivity index (χ0n) is 18.8. The molecule has 3 rings (SSSR count). The molecule has 0 bridgehead atoms. The van der Waals surface area contributed by atoms with Gasteiger partial charge in [0.05, 0.1) is 5.92 Å². The Kier molecular flexibility index (Phi) is 9.18. The SMILES string of the molecule is CCCC[C@H]1CC[C@H](C2CCC(C(=O)O[C@H]3CC[C@H](CCC)CC3)CC2)CC1. The number of hydrogen-bond acceptors (Lipinski definition) is 2. The molecule has 0 saturated heterocycles. The lowest BCUT2D eigenvalue weighted by molar-refractivity contribution is -0.157. The van der Waals surface area contributed by atoms with Crippen LogP contribution in [0.5, 0.6) is 0 Å². The third-order valence-electron chi connectivity index (χ3n) is 8.40. The van der Waals surface area contributed by atoms with Crippen LogP contribution in [0.4, 0.5) is 0 Å². The van der Waals surface area contributed by atoms with E-state index in [1.165, 1.54) is 83.5 Å². The minimum absolute atomic E-state index is 0.140. The fraction of sp³-hybridized carbons (Fsp3) is 0.962. The van der Waals surface area contributed by atoms with Crippen molar-refractivity contribution < 1.29 is 9.53 Å². The van der Waals surface area contributed by atoms with Crippen LogP contribution in [0.3, 0.4) is 0 Å². The number of carbonyl (C=O) groups is 1.